The van der Waals surface area contributed by atoms with Gasteiger partial charge in [-0.1, -0.05) is 24.3 Å². The minimum Gasteiger partial charge on any atom is -0.405 e. The number of nitrogens with two attached hydrogens (primary N) is 1. The van der Waals surface area contributed by atoms with Gasteiger partial charge in [-0.2, -0.15) is 0 Å². The van der Waals surface area contributed by atoms with Gasteiger partial charge >= 0.3 is 0 Å². The first kappa shape index (κ1) is 15.3. The molecule has 0 spiro atoms. The van der Waals surface area contributed by atoms with Gasteiger partial charge in [-0.05, 0) is 61.5 Å². The second-order valence-electron chi connectivity index (χ2n) is 5.35. The van der Waals surface area contributed by atoms with Crippen molar-refractivity contribution >= 4 is 28.2 Å². The van der Waals surface area contributed by atoms with Gasteiger partial charge in [0.2, 0.25) is 0 Å². The zero-order valence-corrected chi connectivity index (χ0v) is 14.0. The summed E-state index contributed by atoms with van der Waals surface area (Å²) >= 11 is 1.72. The molecule has 2 aromatic heterocycles. The van der Waals surface area contributed by atoms with Crippen molar-refractivity contribution in [2.24, 2.45) is 5.73 Å². The molecule has 23 heavy (non-hydrogen) atoms. The number of aryl methyl sites for hydroxylation is 2. The Labute approximate surface area is 140 Å². The number of thiophene rings is 1. The highest BCUT2D eigenvalue weighted by Crippen LogP contribution is 2.37. The van der Waals surface area contributed by atoms with Gasteiger partial charge < -0.3 is 11.1 Å². The van der Waals surface area contributed by atoms with Crippen LogP contribution in [0.1, 0.15) is 16.8 Å². The maximum atomic E-state index is 5.58. The summed E-state index contributed by atoms with van der Waals surface area (Å²) in [6.45, 7) is 4.11. The van der Waals surface area contributed by atoms with E-state index in [1.165, 1.54) is 16.0 Å². The lowest BCUT2D eigenvalue weighted by molar-refractivity contribution is 1.20. The lowest BCUT2D eigenvalue weighted by Crippen LogP contribution is -1.91. The number of hydrogen-bond donors (Lipinski definition) is 2. The van der Waals surface area contributed by atoms with Gasteiger partial charge in [0.25, 0.3) is 0 Å². The molecule has 0 aliphatic heterocycles. The maximum Gasteiger partial charge on any atom is 0.131 e. The average molecular weight is 321 g/mol. The summed E-state index contributed by atoms with van der Waals surface area (Å²) in [5.74, 6) is 0.866. The van der Waals surface area contributed by atoms with E-state index in [9.17, 15) is 0 Å². The van der Waals surface area contributed by atoms with Crippen molar-refractivity contribution in [2.45, 2.75) is 13.8 Å². The van der Waals surface area contributed by atoms with Crippen LogP contribution in [0.15, 0.2) is 54.7 Å². The van der Waals surface area contributed by atoms with Crippen molar-refractivity contribution in [1.29, 1.82) is 0 Å². The SMILES string of the molecule is Cc1cccc(Nc2ccc(-c3c(C)cccc3/C=C\N)s2)n1. The summed E-state index contributed by atoms with van der Waals surface area (Å²) in [6.07, 6.45) is 3.53. The van der Waals surface area contributed by atoms with Gasteiger partial charge in [-0.3, -0.25) is 0 Å². The summed E-state index contributed by atoms with van der Waals surface area (Å²) in [4.78, 5) is 5.70. The molecule has 3 N–H and O–H groups in total. The molecule has 3 nitrogen and oxygen atoms in total. The molecule has 0 atom stereocenters. The average Bonchev–Trinajstić information content (AvgIpc) is 2.96. The van der Waals surface area contributed by atoms with E-state index in [-0.39, 0.29) is 0 Å². The summed E-state index contributed by atoms with van der Waals surface area (Å²) in [6, 6.07) is 16.5. The third-order valence-electron chi connectivity index (χ3n) is 3.57. The number of anilines is 2. The Morgan fingerprint density at radius 2 is 1.87 bits per heavy atom. The van der Waals surface area contributed by atoms with E-state index < -0.39 is 0 Å². The van der Waals surface area contributed by atoms with Crippen LogP contribution < -0.4 is 11.1 Å². The second kappa shape index (κ2) is 6.67. The first-order chi connectivity index (χ1) is 11.2. The largest absolute Gasteiger partial charge is 0.405 e. The molecule has 3 rings (SSSR count). The highest BCUT2D eigenvalue weighted by Gasteiger charge is 2.10. The monoisotopic (exact) mass is 321 g/mol. The molecule has 3 aromatic rings. The summed E-state index contributed by atoms with van der Waals surface area (Å²) in [7, 11) is 0. The number of rotatable bonds is 4. The topological polar surface area (TPSA) is 50.9 Å². The Morgan fingerprint density at radius 1 is 1.04 bits per heavy atom. The van der Waals surface area contributed by atoms with Crippen LogP contribution in [0.2, 0.25) is 0 Å². The third-order valence-corrected chi connectivity index (χ3v) is 4.59. The summed E-state index contributed by atoms with van der Waals surface area (Å²) < 4.78 is 0. The first-order valence-corrected chi connectivity index (χ1v) is 8.28. The van der Waals surface area contributed by atoms with Crippen LogP contribution in [-0.4, -0.2) is 4.98 Å². The van der Waals surface area contributed by atoms with Gasteiger partial charge in [0.15, 0.2) is 0 Å². The number of benzene rings is 1. The number of aromatic nitrogens is 1. The van der Waals surface area contributed by atoms with Gasteiger partial charge in [-0.25, -0.2) is 4.98 Å². The van der Waals surface area contributed by atoms with Crippen LogP contribution in [0.25, 0.3) is 16.5 Å². The number of nitrogens with one attached hydrogen (secondary N) is 1. The molecule has 1 aromatic carbocycles. The lowest BCUT2D eigenvalue weighted by atomic mass is 10.0. The minimum absolute atomic E-state index is 0.866. The Kier molecular flexibility index (Phi) is 4.44. The number of nitrogens with zero attached hydrogens (tertiary/aromatic N) is 1. The predicted molar refractivity (Wildman–Crippen MR) is 100.0 cm³/mol. The fourth-order valence-corrected chi connectivity index (χ4v) is 3.59. The van der Waals surface area contributed by atoms with E-state index in [1.807, 2.05) is 31.2 Å². The maximum absolute atomic E-state index is 5.58. The van der Waals surface area contributed by atoms with E-state index in [0.29, 0.717) is 0 Å². The summed E-state index contributed by atoms with van der Waals surface area (Å²) in [5.41, 5.74) is 10.2. The second-order valence-corrected chi connectivity index (χ2v) is 6.44. The van der Waals surface area contributed by atoms with E-state index in [4.69, 9.17) is 5.73 Å². The zero-order chi connectivity index (χ0) is 16.2. The zero-order valence-electron chi connectivity index (χ0n) is 13.2. The Bertz CT molecular complexity index is 849. The van der Waals surface area contributed by atoms with Crippen molar-refractivity contribution in [3.63, 3.8) is 0 Å². The number of hydrogen-bond acceptors (Lipinski definition) is 4. The fourth-order valence-electron chi connectivity index (χ4n) is 2.55. The van der Waals surface area contributed by atoms with Crippen LogP contribution in [0.5, 0.6) is 0 Å². The van der Waals surface area contributed by atoms with Gasteiger partial charge in [0.05, 0.1) is 5.00 Å². The van der Waals surface area contributed by atoms with Gasteiger partial charge in [-0.15, -0.1) is 11.3 Å². The predicted octanol–water partition coefficient (Wildman–Crippen LogP) is 5.10. The molecule has 0 fully saturated rings. The van der Waals surface area contributed by atoms with Crippen LogP contribution in [-0.2, 0) is 0 Å². The van der Waals surface area contributed by atoms with Crippen molar-refractivity contribution in [3.8, 4) is 10.4 Å². The normalized spacial score (nSPS) is 11.0. The smallest absolute Gasteiger partial charge is 0.131 e. The summed E-state index contributed by atoms with van der Waals surface area (Å²) in [5, 5.41) is 4.44. The Morgan fingerprint density at radius 3 is 2.65 bits per heavy atom. The van der Waals surface area contributed by atoms with E-state index in [0.717, 1.165) is 22.1 Å². The molecular formula is C19H19N3S. The fraction of sp³-hybridized carbons (Fsp3) is 0.105. The quantitative estimate of drug-likeness (QED) is 0.703. The lowest BCUT2D eigenvalue weighted by Gasteiger charge is -2.08. The van der Waals surface area contributed by atoms with Crippen molar-refractivity contribution in [3.05, 3.63) is 71.6 Å². The standard InChI is InChI=1S/C19H19N3S/c1-13-5-3-7-15(11-12-20)19(13)16-9-10-18(23-16)22-17-8-4-6-14(2)21-17/h3-12H,20H2,1-2H3,(H,21,22)/b12-11-. The van der Waals surface area contributed by atoms with Crippen LogP contribution >= 0.6 is 11.3 Å². The van der Waals surface area contributed by atoms with Crippen LogP contribution in [0, 0.1) is 13.8 Å². The van der Waals surface area contributed by atoms with Gasteiger partial charge in [0.1, 0.15) is 5.82 Å². The van der Waals surface area contributed by atoms with Crippen molar-refractivity contribution < 1.29 is 0 Å². The molecule has 0 unspecified atom stereocenters. The Balaban J connectivity index is 1.94. The van der Waals surface area contributed by atoms with E-state index in [1.54, 1.807) is 17.5 Å². The van der Waals surface area contributed by atoms with Crippen molar-refractivity contribution in [2.75, 3.05) is 5.32 Å². The highest BCUT2D eigenvalue weighted by atomic mass is 32.1. The molecule has 116 valence electrons. The molecule has 2 heterocycles. The minimum atomic E-state index is 0.866. The van der Waals surface area contributed by atoms with Crippen LogP contribution in [0.3, 0.4) is 0 Å². The van der Waals surface area contributed by atoms with E-state index in [2.05, 4.69) is 47.6 Å². The third kappa shape index (κ3) is 3.43. The molecule has 0 aliphatic carbocycles. The van der Waals surface area contributed by atoms with Crippen molar-refractivity contribution in [1.82, 2.24) is 4.98 Å². The molecule has 4 heteroatoms. The molecule has 0 radical (unpaired) electrons. The molecular weight excluding hydrogens is 302 g/mol. The molecule has 0 aliphatic rings. The highest BCUT2D eigenvalue weighted by molar-refractivity contribution is 7.19. The molecule has 0 bridgehead atoms. The van der Waals surface area contributed by atoms with Crippen LogP contribution in [0.4, 0.5) is 10.8 Å². The molecule has 0 amide bonds. The molecule has 0 saturated heterocycles. The van der Waals surface area contributed by atoms with E-state index >= 15 is 0 Å². The van der Waals surface area contributed by atoms with Gasteiger partial charge in [0, 0.05) is 16.1 Å². The Hall–Kier alpha value is -2.59. The molecule has 0 saturated carbocycles. The first-order valence-electron chi connectivity index (χ1n) is 7.46. The number of pyridine rings is 1.